The van der Waals surface area contributed by atoms with Crippen LogP contribution in [0.25, 0.3) is 0 Å². The molecule has 5 heteroatoms. The molecule has 0 spiro atoms. The normalized spacial score (nSPS) is 25.8. The van der Waals surface area contributed by atoms with Crippen LogP contribution >= 0.6 is 0 Å². The molecule has 102 valence electrons. The van der Waals surface area contributed by atoms with E-state index >= 15 is 0 Å². The van der Waals surface area contributed by atoms with E-state index in [-0.39, 0.29) is 23.7 Å². The van der Waals surface area contributed by atoms with E-state index in [0.717, 1.165) is 38.8 Å². The third-order valence-electron chi connectivity index (χ3n) is 3.99. The van der Waals surface area contributed by atoms with E-state index in [9.17, 15) is 9.59 Å². The molecule has 0 saturated carbocycles. The molecule has 5 nitrogen and oxygen atoms in total. The van der Waals surface area contributed by atoms with Gasteiger partial charge in [0.2, 0.25) is 5.91 Å². The van der Waals surface area contributed by atoms with Crippen LogP contribution in [0.2, 0.25) is 0 Å². The van der Waals surface area contributed by atoms with Gasteiger partial charge in [-0.05, 0) is 32.2 Å². The maximum Gasteiger partial charge on any atom is 0.308 e. The number of likely N-dealkylation sites (tertiary alicyclic amines) is 1. The van der Waals surface area contributed by atoms with Crippen molar-refractivity contribution in [2.45, 2.75) is 25.7 Å². The second-order valence-electron chi connectivity index (χ2n) is 5.17. The molecule has 2 rings (SSSR count). The summed E-state index contributed by atoms with van der Waals surface area (Å²) in [5.41, 5.74) is 0. The van der Waals surface area contributed by atoms with Crippen molar-refractivity contribution in [2.75, 3.05) is 33.3 Å². The van der Waals surface area contributed by atoms with Gasteiger partial charge in [-0.25, -0.2) is 0 Å². The smallest absolute Gasteiger partial charge is 0.308 e. The number of amides is 1. The van der Waals surface area contributed by atoms with E-state index in [0.29, 0.717) is 13.1 Å². The third-order valence-corrected chi connectivity index (χ3v) is 3.99. The van der Waals surface area contributed by atoms with Crippen LogP contribution in [-0.2, 0) is 14.3 Å². The van der Waals surface area contributed by atoms with Crippen LogP contribution in [0.3, 0.4) is 0 Å². The van der Waals surface area contributed by atoms with E-state index < -0.39 is 0 Å². The largest absolute Gasteiger partial charge is 0.469 e. The van der Waals surface area contributed by atoms with Crippen molar-refractivity contribution in [2.24, 2.45) is 11.8 Å². The first kappa shape index (κ1) is 13.3. The summed E-state index contributed by atoms with van der Waals surface area (Å²) >= 11 is 0. The van der Waals surface area contributed by atoms with Crippen molar-refractivity contribution in [3.63, 3.8) is 0 Å². The van der Waals surface area contributed by atoms with Crippen LogP contribution in [0.4, 0.5) is 0 Å². The average Bonchev–Trinajstić information content (AvgIpc) is 2.47. The lowest BCUT2D eigenvalue weighted by Gasteiger charge is -2.34. The Morgan fingerprint density at radius 2 is 1.89 bits per heavy atom. The highest BCUT2D eigenvalue weighted by molar-refractivity contribution is 5.80. The minimum Gasteiger partial charge on any atom is -0.469 e. The van der Waals surface area contributed by atoms with Gasteiger partial charge < -0.3 is 15.0 Å². The second-order valence-corrected chi connectivity index (χ2v) is 5.17. The van der Waals surface area contributed by atoms with Crippen molar-refractivity contribution in [1.82, 2.24) is 10.2 Å². The Hall–Kier alpha value is -1.10. The average molecular weight is 254 g/mol. The van der Waals surface area contributed by atoms with Gasteiger partial charge in [-0.15, -0.1) is 0 Å². The van der Waals surface area contributed by atoms with Crippen LogP contribution < -0.4 is 5.32 Å². The molecule has 0 unspecified atom stereocenters. The van der Waals surface area contributed by atoms with Crippen LogP contribution in [0.15, 0.2) is 0 Å². The number of hydrogen-bond donors (Lipinski definition) is 1. The number of carbonyl (C=O) groups excluding carboxylic acids is 2. The van der Waals surface area contributed by atoms with E-state index in [1.807, 2.05) is 4.90 Å². The second kappa shape index (κ2) is 6.18. The number of hydrogen-bond acceptors (Lipinski definition) is 4. The zero-order valence-electron chi connectivity index (χ0n) is 11.0. The van der Waals surface area contributed by atoms with Crippen molar-refractivity contribution >= 4 is 11.9 Å². The molecular formula is C13H22N2O3. The van der Waals surface area contributed by atoms with Gasteiger partial charge in [0.25, 0.3) is 0 Å². The van der Waals surface area contributed by atoms with E-state index in [2.05, 4.69) is 5.32 Å². The molecule has 0 radical (unpaired) electrons. The van der Waals surface area contributed by atoms with E-state index in [4.69, 9.17) is 4.74 Å². The first-order valence-corrected chi connectivity index (χ1v) is 6.79. The highest BCUT2D eigenvalue weighted by Crippen LogP contribution is 2.21. The van der Waals surface area contributed by atoms with Gasteiger partial charge in [0.15, 0.2) is 0 Å². The van der Waals surface area contributed by atoms with Gasteiger partial charge in [0, 0.05) is 19.6 Å². The minimum absolute atomic E-state index is 0.0245. The fourth-order valence-corrected chi connectivity index (χ4v) is 2.82. The van der Waals surface area contributed by atoms with Crippen LogP contribution in [0.1, 0.15) is 25.7 Å². The van der Waals surface area contributed by atoms with Gasteiger partial charge in [0.05, 0.1) is 18.9 Å². The number of esters is 1. The van der Waals surface area contributed by atoms with Crippen LogP contribution in [0.5, 0.6) is 0 Å². The molecule has 2 aliphatic rings. The Morgan fingerprint density at radius 1 is 1.17 bits per heavy atom. The predicted molar refractivity (Wildman–Crippen MR) is 66.9 cm³/mol. The SMILES string of the molecule is COC(=O)C1CCN(C(=O)[C@H]2CCCNC2)CC1. The van der Waals surface area contributed by atoms with Gasteiger partial charge in [-0.2, -0.15) is 0 Å². The summed E-state index contributed by atoms with van der Waals surface area (Å²) in [6.45, 7) is 3.20. The fraction of sp³-hybridized carbons (Fsp3) is 0.846. The standard InChI is InChI=1S/C13H22N2O3/c1-18-13(17)10-4-7-15(8-5-10)12(16)11-3-2-6-14-9-11/h10-11,14H,2-9H2,1H3/t11-/m0/s1. The highest BCUT2D eigenvalue weighted by atomic mass is 16.5. The molecule has 1 N–H and O–H groups in total. The summed E-state index contributed by atoms with van der Waals surface area (Å²) in [6, 6.07) is 0. The van der Waals surface area contributed by atoms with E-state index in [1.165, 1.54) is 7.11 Å². The molecule has 2 aliphatic heterocycles. The lowest BCUT2D eigenvalue weighted by molar-refractivity contribution is -0.149. The number of rotatable bonds is 2. The highest BCUT2D eigenvalue weighted by Gasteiger charge is 2.31. The predicted octanol–water partition coefficient (Wildman–Crippen LogP) is 0.398. The summed E-state index contributed by atoms with van der Waals surface area (Å²) in [5, 5.41) is 3.27. The Morgan fingerprint density at radius 3 is 2.44 bits per heavy atom. The Labute approximate surface area is 108 Å². The maximum absolute atomic E-state index is 12.3. The zero-order chi connectivity index (χ0) is 13.0. The summed E-state index contributed by atoms with van der Waals surface area (Å²) in [4.78, 5) is 25.6. The molecule has 1 atom stereocenters. The molecule has 0 aromatic carbocycles. The summed E-state index contributed by atoms with van der Waals surface area (Å²) in [5.74, 6) is 0.226. The molecule has 0 bridgehead atoms. The minimum atomic E-state index is -0.138. The molecule has 1 amide bonds. The molecule has 18 heavy (non-hydrogen) atoms. The van der Waals surface area contributed by atoms with Gasteiger partial charge >= 0.3 is 5.97 Å². The Balaban J connectivity index is 1.81. The van der Waals surface area contributed by atoms with Crippen molar-refractivity contribution < 1.29 is 14.3 Å². The van der Waals surface area contributed by atoms with E-state index in [1.54, 1.807) is 0 Å². The topological polar surface area (TPSA) is 58.6 Å². The monoisotopic (exact) mass is 254 g/mol. The number of nitrogens with zero attached hydrogens (tertiary/aromatic N) is 1. The lowest BCUT2D eigenvalue weighted by atomic mass is 9.93. The first-order chi connectivity index (χ1) is 8.72. The molecule has 0 aliphatic carbocycles. The number of nitrogens with one attached hydrogen (secondary N) is 1. The fourth-order valence-electron chi connectivity index (χ4n) is 2.82. The molecular weight excluding hydrogens is 232 g/mol. The van der Waals surface area contributed by atoms with Gasteiger partial charge in [-0.1, -0.05) is 0 Å². The van der Waals surface area contributed by atoms with Gasteiger partial charge in [-0.3, -0.25) is 9.59 Å². The quantitative estimate of drug-likeness (QED) is 0.725. The van der Waals surface area contributed by atoms with Crippen LogP contribution in [0, 0.1) is 11.8 Å². The zero-order valence-corrected chi connectivity index (χ0v) is 11.0. The van der Waals surface area contributed by atoms with Crippen molar-refractivity contribution in [1.29, 1.82) is 0 Å². The molecule has 2 saturated heterocycles. The number of carbonyl (C=O) groups is 2. The number of piperidine rings is 2. The number of ether oxygens (including phenoxy) is 1. The first-order valence-electron chi connectivity index (χ1n) is 6.79. The molecule has 2 fully saturated rings. The Kier molecular flexibility index (Phi) is 4.58. The maximum atomic E-state index is 12.3. The molecule has 0 aromatic rings. The summed E-state index contributed by atoms with van der Waals surface area (Å²) in [7, 11) is 1.42. The van der Waals surface area contributed by atoms with Gasteiger partial charge in [0.1, 0.15) is 0 Å². The van der Waals surface area contributed by atoms with Crippen LogP contribution in [-0.4, -0.2) is 50.1 Å². The van der Waals surface area contributed by atoms with Crippen molar-refractivity contribution in [3.8, 4) is 0 Å². The summed E-state index contributed by atoms with van der Waals surface area (Å²) in [6.07, 6.45) is 3.54. The number of methoxy groups -OCH3 is 1. The van der Waals surface area contributed by atoms with Crippen molar-refractivity contribution in [3.05, 3.63) is 0 Å². The third kappa shape index (κ3) is 3.02. The molecule has 0 aromatic heterocycles. The lowest BCUT2D eigenvalue weighted by Crippen LogP contribution is -2.46. The Bertz CT molecular complexity index is 305. The summed E-state index contributed by atoms with van der Waals surface area (Å²) < 4.78 is 4.75. The molecule has 2 heterocycles.